The lowest BCUT2D eigenvalue weighted by Crippen LogP contribution is -2.51. The first-order valence-electron chi connectivity index (χ1n) is 7.23. The number of aliphatic carboxylic acids is 1. The predicted octanol–water partition coefficient (Wildman–Crippen LogP) is 0.945. The minimum atomic E-state index is -0.782. The number of carboxylic acid groups (broad SMARTS) is 1. The number of amides is 1. The van der Waals surface area contributed by atoms with Gasteiger partial charge in [0.2, 0.25) is 5.91 Å². The van der Waals surface area contributed by atoms with Crippen molar-refractivity contribution in [1.82, 2.24) is 10.2 Å². The number of rotatable bonds is 3. The Labute approximate surface area is 114 Å². The molecule has 108 valence electrons. The molecule has 1 amide bonds. The van der Waals surface area contributed by atoms with Gasteiger partial charge in [0.1, 0.15) is 0 Å². The maximum Gasteiger partial charge on any atom is 0.308 e. The van der Waals surface area contributed by atoms with Gasteiger partial charge in [0.05, 0.1) is 11.3 Å². The average Bonchev–Trinajstić information content (AvgIpc) is 2.81. The van der Waals surface area contributed by atoms with Gasteiger partial charge in [0, 0.05) is 19.6 Å². The zero-order chi connectivity index (χ0) is 14.0. The van der Waals surface area contributed by atoms with Crippen LogP contribution < -0.4 is 5.32 Å². The van der Waals surface area contributed by atoms with E-state index in [1.165, 1.54) is 0 Å². The van der Waals surface area contributed by atoms with Crippen LogP contribution in [0.5, 0.6) is 0 Å². The van der Waals surface area contributed by atoms with E-state index in [-0.39, 0.29) is 17.2 Å². The second-order valence-corrected chi connectivity index (χ2v) is 6.05. The number of hydrogen-bond acceptors (Lipinski definition) is 3. The Morgan fingerprint density at radius 3 is 2.63 bits per heavy atom. The minimum Gasteiger partial charge on any atom is -0.481 e. The molecule has 2 heterocycles. The summed E-state index contributed by atoms with van der Waals surface area (Å²) in [6.45, 7) is 6.63. The van der Waals surface area contributed by atoms with Gasteiger partial charge < -0.3 is 15.3 Å². The summed E-state index contributed by atoms with van der Waals surface area (Å²) in [6.07, 6.45) is 2.75. The SMILES string of the molecule is CCC1(C(=O)N2CC(C)C(C(=O)O)C2)CCCNC1. The van der Waals surface area contributed by atoms with Crippen LogP contribution in [-0.2, 0) is 9.59 Å². The van der Waals surface area contributed by atoms with Crippen molar-refractivity contribution in [2.75, 3.05) is 26.2 Å². The van der Waals surface area contributed by atoms with E-state index in [0.717, 1.165) is 32.4 Å². The fraction of sp³-hybridized carbons (Fsp3) is 0.857. The Kier molecular flexibility index (Phi) is 4.13. The van der Waals surface area contributed by atoms with Crippen LogP contribution in [0.15, 0.2) is 0 Å². The van der Waals surface area contributed by atoms with Gasteiger partial charge in [-0.25, -0.2) is 0 Å². The average molecular weight is 268 g/mol. The smallest absolute Gasteiger partial charge is 0.308 e. The molecule has 0 aromatic rings. The van der Waals surface area contributed by atoms with Gasteiger partial charge >= 0.3 is 5.97 Å². The Balaban J connectivity index is 2.09. The molecule has 2 fully saturated rings. The van der Waals surface area contributed by atoms with Crippen molar-refractivity contribution in [3.8, 4) is 0 Å². The van der Waals surface area contributed by atoms with Crippen LogP contribution in [0.4, 0.5) is 0 Å². The van der Waals surface area contributed by atoms with Crippen LogP contribution in [0, 0.1) is 17.3 Å². The number of carbonyl (C=O) groups is 2. The molecule has 3 atom stereocenters. The number of likely N-dealkylation sites (tertiary alicyclic amines) is 1. The summed E-state index contributed by atoms with van der Waals surface area (Å²) in [5, 5.41) is 12.5. The van der Waals surface area contributed by atoms with E-state index in [0.29, 0.717) is 13.1 Å². The van der Waals surface area contributed by atoms with Crippen LogP contribution in [0.25, 0.3) is 0 Å². The van der Waals surface area contributed by atoms with Crippen LogP contribution >= 0.6 is 0 Å². The normalized spacial score (nSPS) is 35.4. The summed E-state index contributed by atoms with van der Waals surface area (Å²) in [5.41, 5.74) is -0.314. The zero-order valence-corrected chi connectivity index (χ0v) is 11.8. The molecule has 19 heavy (non-hydrogen) atoms. The summed E-state index contributed by atoms with van der Waals surface area (Å²) in [7, 11) is 0. The molecule has 3 unspecified atom stereocenters. The molecule has 0 aromatic heterocycles. The number of hydrogen-bond donors (Lipinski definition) is 2. The van der Waals surface area contributed by atoms with E-state index in [2.05, 4.69) is 12.2 Å². The largest absolute Gasteiger partial charge is 0.481 e. The fourth-order valence-corrected chi connectivity index (χ4v) is 3.39. The highest BCUT2D eigenvalue weighted by Gasteiger charge is 2.45. The number of carbonyl (C=O) groups excluding carboxylic acids is 1. The maximum atomic E-state index is 12.8. The van der Waals surface area contributed by atoms with Crippen molar-refractivity contribution in [2.24, 2.45) is 17.3 Å². The monoisotopic (exact) mass is 268 g/mol. The standard InChI is InChI=1S/C14H24N2O3/c1-3-14(5-4-6-15-9-14)13(19)16-7-10(2)11(8-16)12(17)18/h10-11,15H,3-9H2,1-2H3,(H,17,18). The van der Waals surface area contributed by atoms with Crippen molar-refractivity contribution in [2.45, 2.75) is 33.1 Å². The molecule has 0 aromatic carbocycles. The van der Waals surface area contributed by atoms with Gasteiger partial charge in [-0.2, -0.15) is 0 Å². The molecule has 2 rings (SSSR count). The molecule has 2 aliphatic rings. The second-order valence-electron chi connectivity index (χ2n) is 6.05. The van der Waals surface area contributed by atoms with Gasteiger partial charge in [-0.15, -0.1) is 0 Å². The van der Waals surface area contributed by atoms with Crippen molar-refractivity contribution in [3.63, 3.8) is 0 Å². The molecule has 0 spiro atoms. The Hall–Kier alpha value is -1.10. The highest BCUT2D eigenvalue weighted by atomic mass is 16.4. The molecule has 2 N–H and O–H groups in total. The van der Waals surface area contributed by atoms with Crippen molar-refractivity contribution in [1.29, 1.82) is 0 Å². The molecule has 0 aliphatic carbocycles. The van der Waals surface area contributed by atoms with E-state index in [1.54, 1.807) is 4.90 Å². The molecule has 2 saturated heterocycles. The van der Waals surface area contributed by atoms with E-state index >= 15 is 0 Å². The highest BCUT2D eigenvalue weighted by Crippen LogP contribution is 2.35. The topological polar surface area (TPSA) is 69.6 Å². The quantitative estimate of drug-likeness (QED) is 0.799. The molecular formula is C14H24N2O3. The molecule has 0 radical (unpaired) electrons. The van der Waals surface area contributed by atoms with Crippen molar-refractivity contribution in [3.05, 3.63) is 0 Å². The Morgan fingerprint density at radius 2 is 2.16 bits per heavy atom. The summed E-state index contributed by atoms with van der Waals surface area (Å²) >= 11 is 0. The van der Waals surface area contributed by atoms with Gasteiger partial charge in [0.15, 0.2) is 0 Å². The Morgan fingerprint density at radius 1 is 1.42 bits per heavy atom. The number of nitrogens with one attached hydrogen (secondary N) is 1. The highest BCUT2D eigenvalue weighted by molar-refractivity contribution is 5.84. The number of piperidine rings is 1. The lowest BCUT2D eigenvalue weighted by molar-refractivity contribution is -0.144. The first-order chi connectivity index (χ1) is 9.00. The lowest BCUT2D eigenvalue weighted by atomic mass is 9.77. The number of nitrogens with zero attached hydrogens (tertiary/aromatic N) is 1. The summed E-state index contributed by atoms with van der Waals surface area (Å²) in [5.74, 6) is -0.991. The molecule has 0 saturated carbocycles. The molecule has 2 aliphatic heterocycles. The van der Waals surface area contributed by atoms with Crippen LogP contribution in [-0.4, -0.2) is 48.1 Å². The van der Waals surface area contributed by atoms with Gasteiger partial charge in [-0.05, 0) is 31.7 Å². The van der Waals surface area contributed by atoms with Gasteiger partial charge in [0.25, 0.3) is 0 Å². The van der Waals surface area contributed by atoms with E-state index in [4.69, 9.17) is 5.11 Å². The summed E-state index contributed by atoms with van der Waals surface area (Å²) in [6, 6.07) is 0. The molecule has 5 heteroatoms. The van der Waals surface area contributed by atoms with E-state index in [9.17, 15) is 9.59 Å². The fourth-order valence-electron chi connectivity index (χ4n) is 3.39. The van der Waals surface area contributed by atoms with E-state index in [1.807, 2.05) is 6.92 Å². The zero-order valence-electron chi connectivity index (χ0n) is 11.8. The predicted molar refractivity (Wildman–Crippen MR) is 71.7 cm³/mol. The third kappa shape index (κ3) is 2.61. The molecule has 5 nitrogen and oxygen atoms in total. The molecule has 0 bridgehead atoms. The minimum absolute atomic E-state index is 0.0481. The number of carboxylic acids is 1. The van der Waals surface area contributed by atoms with E-state index < -0.39 is 11.9 Å². The third-order valence-corrected chi connectivity index (χ3v) is 4.82. The molecular weight excluding hydrogens is 244 g/mol. The first kappa shape index (κ1) is 14.3. The second kappa shape index (κ2) is 5.49. The maximum absolute atomic E-state index is 12.8. The lowest BCUT2D eigenvalue weighted by Gasteiger charge is -2.38. The van der Waals surface area contributed by atoms with Crippen molar-refractivity contribution >= 4 is 11.9 Å². The third-order valence-electron chi connectivity index (χ3n) is 4.82. The summed E-state index contributed by atoms with van der Waals surface area (Å²) < 4.78 is 0. The van der Waals surface area contributed by atoms with Crippen molar-refractivity contribution < 1.29 is 14.7 Å². The van der Waals surface area contributed by atoms with Crippen LogP contribution in [0.2, 0.25) is 0 Å². The van der Waals surface area contributed by atoms with Gasteiger partial charge in [-0.3, -0.25) is 9.59 Å². The first-order valence-corrected chi connectivity index (χ1v) is 7.23. The van der Waals surface area contributed by atoms with Crippen LogP contribution in [0.3, 0.4) is 0 Å². The van der Waals surface area contributed by atoms with Gasteiger partial charge in [-0.1, -0.05) is 13.8 Å². The van der Waals surface area contributed by atoms with Crippen LogP contribution in [0.1, 0.15) is 33.1 Å². The Bertz CT molecular complexity index is 364. The summed E-state index contributed by atoms with van der Waals surface area (Å²) in [4.78, 5) is 25.7.